The largest absolute Gasteiger partial charge is 0.302 e. The second-order valence-corrected chi connectivity index (χ2v) is 6.44. The van der Waals surface area contributed by atoms with Gasteiger partial charge in [0, 0.05) is 6.54 Å². The molecule has 1 aromatic rings. The quantitative estimate of drug-likeness (QED) is 0.784. The Bertz CT molecular complexity index is 539. The molecule has 0 aromatic heterocycles. The number of aldehydes is 1. The molecule has 0 aliphatic carbocycles. The predicted octanol–water partition coefficient (Wildman–Crippen LogP) is 1.74. The van der Waals surface area contributed by atoms with Crippen molar-refractivity contribution < 1.29 is 13.2 Å². The second-order valence-electron chi connectivity index (χ2n) is 4.58. The summed E-state index contributed by atoms with van der Waals surface area (Å²) < 4.78 is 26.4. The number of benzene rings is 1. The first kappa shape index (κ1) is 13.2. The Morgan fingerprint density at radius 2 is 2.00 bits per heavy atom. The average Bonchev–Trinajstić information content (AvgIpc) is 2.39. The van der Waals surface area contributed by atoms with E-state index in [4.69, 9.17) is 0 Å². The topological polar surface area (TPSA) is 54.5 Å². The molecular weight excluding hydrogens is 250 g/mol. The highest BCUT2D eigenvalue weighted by molar-refractivity contribution is 7.89. The fourth-order valence-corrected chi connectivity index (χ4v) is 4.20. The predicted molar refractivity (Wildman–Crippen MR) is 68.8 cm³/mol. The fourth-order valence-electron chi connectivity index (χ4n) is 2.34. The maximum absolute atomic E-state index is 12.5. The highest BCUT2D eigenvalue weighted by Gasteiger charge is 2.33. The first-order valence-electron chi connectivity index (χ1n) is 6.10. The van der Waals surface area contributed by atoms with Gasteiger partial charge < -0.3 is 4.79 Å². The standard InChI is InChI=1S/C13H17NO3S/c1-11-6-2-3-8-13(11)18(16,17)14-9-5-4-7-12(14)10-15/h2-3,6,8,10,12H,4-5,7,9H2,1H3. The maximum atomic E-state index is 12.5. The van der Waals surface area contributed by atoms with Crippen LogP contribution in [-0.2, 0) is 14.8 Å². The molecule has 4 nitrogen and oxygen atoms in total. The Morgan fingerprint density at radius 3 is 2.67 bits per heavy atom. The van der Waals surface area contributed by atoms with Gasteiger partial charge in [-0.1, -0.05) is 24.6 Å². The SMILES string of the molecule is Cc1ccccc1S(=O)(=O)N1CCCCC1C=O. The minimum atomic E-state index is -3.55. The van der Waals surface area contributed by atoms with Crippen molar-refractivity contribution in [1.29, 1.82) is 0 Å². The summed E-state index contributed by atoms with van der Waals surface area (Å²) in [7, 11) is -3.55. The molecule has 18 heavy (non-hydrogen) atoms. The monoisotopic (exact) mass is 267 g/mol. The summed E-state index contributed by atoms with van der Waals surface area (Å²) in [6.07, 6.45) is 3.09. The highest BCUT2D eigenvalue weighted by atomic mass is 32.2. The summed E-state index contributed by atoms with van der Waals surface area (Å²) in [4.78, 5) is 11.3. The van der Waals surface area contributed by atoms with Crippen LogP contribution in [0.3, 0.4) is 0 Å². The third kappa shape index (κ3) is 2.33. The molecule has 1 saturated heterocycles. The number of hydrogen-bond donors (Lipinski definition) is 0. The molecule has 2 rings (SSSR count). The van der Waals surface area contributed by atoms with Gasteiger partial charge in [-0.3, -0.25) is 0 Å². The van der Waals surface area contributed by atoms with Gasteiger partial charge in [-0.25, -0.2) is 8.42 Å². The van der Waals surface area contributed by atoms with E-state index in [1.54, 1.807) is 25.1 Å². The molecule has 0 spiro atoms. The molecule has 0 N–H and O–H groups in total. The van der Waals surface area contributed by atoms with Crippen LogP contribution in [0.15, 0.2) is 29.2 Å². The molecular formula is C13H17NO3S. The van der Waals surface area contributed by atoms with E-state index in [0.29, 0.717) is 23.4 Å². The van der Waals surface area contributed by atoms with Crippen LogP contribution in [0, 0.1) is 6.92 Å². The number of sulfonamides is 1. The van der Waals surface area contributed by atoms with Crippen molar-refractivity contribution in [2.45, 2.75) is 37.1 Å². The third-order valence-electron chi connectivity index (χ3n) is 3.34. The Labute approximate surface area is 108 Å². The second kappa shape index (κ2) is 5.20. The molecule has 0 bridgehead atoms. The van der Waals surface area contributed by atoms with Gasteiger partial charge in [0.2, 0.25) is 10.0 Å². The van der Waals surface area contributed by atoms with Gasteiger partial charge in [0.25, 0.3) is 0 Å². The highest BCUT2D eigenvalue weighted by Crippen LogP contribution is 2.26. The van der Waals surface area contributed by atoms with E-state index in [1.165, 1.54) is 4.31 Å². The lowest BCUT2D eigenvalue weighted by atomic mass is 10.1. The Morgan fingerprint density at radius 1 is 1.28 bits per heavy atom. The smallest absolute Gasteiger partial charge is 0.243 e. The molecule has 0 radical (unpaired) electrons. The molecule has 5 heteroatoms. The molecule has 1 aliphatic heterocycles. The summed E-state index contributed by atoms with van der Waals surface area (Å²) in [5.74, 6) is 0. The lowest BCUT2D eigenvalue weighted by Crippen LogP contribution is -2.44. The zero-order chi connectivity index (χ0) is 13.2. The van der Waals surface area contributed by atoms with Crippen LogP contribution in [0.1, 0.15) is 24.8 Å². The Kier molecular flexibility index (Phi) is 3.82. The van der Waals surface area contributed by atoms with Crippen molar-refractivity contribution in [2.24, 2.45) is 0 Å². The molecule has 0 saturated carbocycles. The van der Waals surface area contributed by atoms with E-state index >= 15 is 0 Å². The van der Waals surface area contributed by atoms with Gasteiger partial charge in [0.15, 0.2) is 0 Å². The summed E-state index contributed by atoms with van der Waals surface area (Å²) >= 11 is 0. The van der Waals surface area contributed by atoms with Crippen LogP contribution < -0.4 is 0 Å². The summed E-state index contributed by atoms with van der Waals surface area (Å²) in [5, 5.41) is 0. The summed E-state index contributed by atoms with van der Waals surface area (Å²) in [6.45, 7) is 2.20. The van der Waals surface area contributed by atoms with Crippen molar-refractivity contribution >= 4 is 16.3 Å². The molecule has 1 aromatic carbocycles. The van der Waals surface area contributed by atoms with Gasteiger partial charge in [0.05, 0.1) is 10.9 Å². The van der Waals surface area contributed by atoms with Crippen molar-refractivity contribution in [3.63, 3.8) is 0 Å². The van der Waals surface area contributed by atoms with Crippen LogP contribution >= 0.6 is 0 Å². The maximum Gasteiger partial charge on any atom is 0.243 e. The van der Waals surface area contributed by atoms with Gasteiger partial charge in [-0.05, 0) is 31.4 Å². The number of carbonyl (C=O) groups excluding carboxylic acids is 1. The van der Waals surface area contributed by atoms with E-state index in [2.05, 4.69) is 0 Å². The Hall–Kier alpha value is -1.20. The van der Waals surface area contributed by atoms with Crippen LogP contribution in [0.25, 0.3) is 0 Å². The molecule has 1 atom stereocenters. The lowest BCUT2D eigenvalue weighted by molar-refractivity contribution is -0.111. The number of carbonyl (C=O) groups is 1. The van der Waals surface area contributed by atoms with Crippen LogP contribution in [0.2, 0.25) is 0 Å². The summed E-state index contributed by atoms with van der Waals surface area (Å²) in [6, 6.07) is 6.37. The first-order valence-corrected chi connectivity index (χ1v) is 7.54. The van der Waals surface area contributed by atoms with Gasteiger partial charge >= 0.3 is 0 Å². The number of aryl methyl sites for hydroxylation is 1. The fraction of sp³-hybridized carbons (Fsp3) is 0.462. The number of hydrogen-bond acceptors (Lipinski definition) is 3. The molecule has 98 valence electrons. The van der Waals surface area contributed by atoms with Gasteiger partial charge in [-0.2, -0.15) is 4.31 Å². The van der Waals surface area contributed by atoms with Crippen molar-refractivity contribution in [3.8, 4) is 0 Å². The van der Waals surface area contributed by atoms with E-state index in [1.807, 2.05) is 6.07 Å². The zero-order valence-electron chi connectivity index (χ0n) is 10.4. The minimum Gasteiger partial charge on any atom is -0.302 e. The van der Waals surface area contributed by atoms with Crippen LogP contribution in [0.4, 0.5) is 0 Å². The van der Waals surface area contributed by atoms with Crippen LogP contribution in [0.5, 0.6) is 0 Å². The molecule has 1 fully saturated rings. The number of nitrogens with zero attached hydrogens (tertiary/aromatic N) is 1. The van der Waals surface area contributed by atoms with E-state index < -0.39 is 16.1 Å². The van der Waals surface area contributed by atoms with Crippen molar-refractivity contribution in [2.75, 3.05) is 6.54 Å². The first-order chi connectivity index (χ1) is 8.57. The normalized spacial score (nSPS) is 21.7. The molecule has 0 amide bonds. The lowest BCUT2D eigenvalue weighted by Gasteiger charge is -2.31. The number of rotatable bonds is 3. The van der Waals surface area contributed by atoms with Crippen molar-refractivity contribution in [1.82, 2.24) is 4.31 Å². The summed E-state index contributed by atoms with van der Waals surface area (Å²) in [5.41, 5.74) is 0.715. The average molecular weight is 267 g/mol. The third-order valence-corrected chi connectivity index (χ3v) is 5.42. The Balaban J connectivity index is 2.42. The molecule has 1 aliphatic rings. The van der Waals surface area contributed by atoms with E-state index in [9.17, 15) is 13.2 Å². The van der Waals surface area contributed by atoms with E-state index in [0.717, 1.165) is 19.1 Å². The van der Waals surface area contributed by atoms with Crippen molar-refractivity contribution in [3.05, 3.63) is 29.8 Å². The molecule has 1 heterocycles. The van der Waals surface area contributed by atoms with Gasteiger partial charge in [-0.15, -0.1) is 0 Å². The molecule has 1 unspecified atom stereocenters. The number of piperidine rings is 1. The van der Waals surface area contributed by atoms with Crippen LogP contribution in [-0.4, -0.2) is 31.6 Å². The minimum absolute atomic E-state index is 0.304. The van der Waals surface area contributed by atoms with E-state index in [-0.39, 0.29) is 0 Å². The zero-order valence-corrected chi connectivity index (χ0v) is 11.2. The van der Waals surface area contributed by atoms with Gasteiger partial charge in [0.1, 0.15) is 6.29 Å².